The van der Waals surface area contributed by atoms with Crippen LogP contribution in [0.1, 0.15) is 0 Å². The van der Waals surface area contributed by atoms with Gasteiger partial charge in [0, 0.05) is 7.11 Å². The molecule has 3 fully saturated rings. The topological polar surface area (TPSA) is 531 Å². The molecule has 3 heterocycles. The van der Waals surface area contributed by atoms with Crippen molar-refractivity contribution in [2.45, 2.75) is 92.0 Å². The molecule has 348 valence electrons. The summed E-state index contributed by atoms with van der Waals surface area (Å²) in [6.45, 7) is -1.46. The van der Waals surface area contributed by atoms with E-state index in [1.165, 1.54) is 9.44 Å². The van der Waals surface area contributed by atoms with Crippen LogP contribution in [0.5, 0.6) is 0 Å². The number of carbonyl (C=O) groups is 1. The van der Waals surface area contributed by atoms with Crippen LogP contribution in [0.15, 0.2) is 0 Å². The third-order valence-corrected chi connectivity index (χ3v) is 11.0. The van der Waals surface area contributed by atoms with Crippen molar-refractivity contribution >= 4 is 67.9 Å². The standard InChI is InChI=1S/C19H34N2O32S6/c1-45-11-4(2-46-57(36,37)38)48-18(7(21-56(33,34)35)12(11)52-58(39,40)41)50-13-9(23)14(53-59(42,43)44)19(51-15(13)16(24)25)49-10-5(3-54(27,28)29)47-17(26)6(8(10)22)20-55(30,31)32/h4-15,17-23,26H,2-3H2,1H3,(H,24,25)(H,27,28,29)(H,30,31,32)(H,33,34,35)(H,36,37,38)(H,39,40,41)(H,42,43,44). The molecular formula is C19H34N2O32S6. The van der Waals surface area contributed by atoms with Gasteiger partial charge in [0.2, 0.25) is 0 Å². The van der Waals surface area contributed by atoms with Crippen LogP contribution in [0.4, 0.5) is 0 Å². The molecule has 0 aliphatic carbocycles. The molecular weight excluding hydrogens is 961 g/mol. The first-order valence-electron chi connectivity index (χ1n) is 14.9. The Morgan fingerprint density at radius 1 is 0.593 bits per heavy atom. The molecule has 0 spiro atoms. The van der Waals surface area contributed by atoms with Crippen LogP contribution in [0.2, 0.25) is 0 Å². The molecule has 0 aromatic rings. The number of carboxylic acids is 1. The lowest BCUT2D eigenvalue weighted by Crippen LogP contribution is -2.70. The summed E-state index contributed by atoms with van der Waals surface area (Å²) >= 11 is 0. The number of methoxy groups -OCH3 is 1. The number of hydrogen-bond donors (Lipinski definition) is 12. The Hall–Kier alpha value is -1.63. The molecule has 3 saturated heterocycles. The normalized spacial score (nSPS) is 36.9. The van der Waals surface area contributed by atoms with E-state index in [4.69, 9.17) is 33.0 Å². The van der Waals surface area contributed by atoms with Gasteiger partial charge in [0.25, 0.3) is 10.1 Å². The fourth-order valence-electron chi connectivity index (χ4n) is 5.73. The predicted octanol–water partition coefficient (Wildman–Crippen LogP) is -8.65. The van der Waals surface area contributed by atoms with Crippen LogP contribution < -0.4 is 9.44 Å². The van der Waals surface area contributed by atoms with E-state index in [2.05, 4.69) is 12.5 Å². The number of aliphatic carboxylic acids is 1. The van der Waals surface area contributed by atoms with Crippen LogP contribution in [0, 0.1) is 0 Å². The molecule has 3 aliphatic heterocycles. The van der Waals surface area contributed by atoms with Crippen LogP contribution in [0.3, 0.4) is 0 Å². The molecule has 0 radical (unpaired) electrons. The summed E-state index contributed by atoms with van der Waals surface area (Å²) in [5.74, 6) is -4.00. The van der Waals surface area contributed by atoms with E-state index in [-0.39, 0.29) is 0 Å². The second-order valence-electron chi connectivity index (χ2n) is 11.9. The van der Waals surface area contributed by atoms with Crippen molar-refractivity contribution in [2.75, 3.05) is 19.5 Å². The van der Waals surface area contributed by atoms with Crippen LogP contribution in [-0.2, 0) is 108 Å². The zero-order valence-electron chi connectivity index (χ0n) is 28.5. The first-order valence-corrected chi connectivity index (χ1v) is 23.5. The van der Waals surface area contributed by atoms with Gasteiger partial charge < -0.3 is 48.8 Å². The molecule has 59 heavy (non-hydrogen) atoms. The Bertz CT molecular complexity index is 2170. The minimum absolute atomic E-state index is 0.702. The molecule has 0 saturated carbocycles. The average Bonchev–Trinajstić information content (AvgIpc) is 3.00. The molecule has 12 N–H and O–H groups in total. The zero-order chi connectivity index (χ0) is 45.4. The van der Waals surface area contributed by atoms with Gasteiger partial charge in [-0.2, -0.15) is 60.0 Å². The zero-order valence-corrected chi connectivity index (χ0v) is 33.4. The summed E-state index contributed by atoms with van der Waals surface area (Å²) in [5, 5.41) is 42.5. The molecule has 3 aliphatic rings. The van der Waals surface area contributed by atoms with Gasteiger partial charge >= 0.3 is 57.8 Å². The molecule has 0 aromatic heterocycles. The van der Waals surface area contributed by atoms with Gasteiger partial charge in [0.15, 0.2) is 31.1 Å². The number of carboxylic acid groups (broad SMARTS) is 1. The van der Waals surface area contributed by atoms with Gasteiger partial charge in [-0.25, -0.2) is 17.3 Å². The largest absolute Gasteiger partial charge is 0.479 e. The van der Waals surface area contributed by atoms with E-state index in [9.17, 15) is 98.5 Å². The van der Waals surface area contributed by atoms with Crippen molar-refractivity contribution in [3.8, 4) is 0 Å². The number of hydrogen-bond acceptors (Lipinski definition) is 25. The average molecular weight is 995 g/mol. The number of nitrogens with one attached hydrogen (secondary N) is 2. The van der Waals surface area contributed by atoms with Gasteiger partial charge in [-0.3, -0.25) is 27.3 Å². The van der Waals surface area contributed by atoms with E-state index in [0.717, 1.165) is 0 Å². The van der Waals surface area contributed by atoms with Crippen molar-refractivity contribution in [3.05, 3.63) is 0 Å². The van der Waals surface area contributed by atoms with Crippen LogP contribution >= 0.6 is 0 Å². The highest BCUT2D eigenvalue weighted by Crippen LogP contribution is 2.36. The van der Waals surface area contributed by atoms with E-state index < -0.39 is 172 Å². The van der Waals surface area contributed by atoms with Gasteiger partial charge in [-0.15, -0.1) is 0 Å². The van der Waals surface area contributed by atoms with Gasteiger partial charge in [-0.05, 0) is 0 Å². The van der Waals surface area contributed by atoms with Gasteiger partial charge in [-0.1, -0.05) is 0 Å². The summed E-state index contributed by atoms with van der Waals surface area (Å²) in [6, 6.07) is -5.11. The lowest BCUT2D eigenvalue weighted by molar-refractivity contribution is -0.355. The van der Waals surface area contributed by atoms with E-state index in [1.54, 1.807) is 0 Å². The first kappa shape index (κ1) is 51.7. The lowest BCUT2D eigenvalue weighted by atomic mass is 9.95. The Morgan fingerprint density at radius 2 is 1.10 bits per heavy atom. The molecule has 0 aromatic carbocycles. The maximum Gasteiger partial charge on any atom is 0.397 e. The van der Waals surface area contributed by atoms with Crippen LogP contribution in [-0.4, -0.2) is 216 Å². The predicted molar refractivity (Wildman–Crippen MR) is 172 cm³/mol. The minimum atomic E-state index is -5.93. The molecule has 15 atom stereocenters. The van der Waals surface area contributed by atoms with E-state index in [0.29, 0.717) is 7.11 Å². The Morgan fingerprint density at radius 3 is 1.56 bits per heavy atom. The third-order valence-electron chi connectivity index (χ3n) is 7.75. The molecule has 0 bridgehead atoms. The number of ether oxygens (including phenoxy) is 6. The molecule has 15 unspecified atom stereocenters. The maximum atomic E-state index is 12.5. The molecule has 3 rings (SSSR count). The number of aliphatic hydroxyl groups excluding tert-OH is 3. The summed E-state index contributed by atoms with van der Waals surface area (Å²) in [5.41, 5.74) is 0. The number of aliphatic hydroxyl groups is 3. The van der Waals surface area contributed by atoms with E-state index in [1.807, 2.05) is 0 Å². The lowest BCUT2D eigenvalue weighted by Gasteiger charge is -2.49. The maximum absolute atomic E-state index is 12.5. The highest BCUT2D eigenvalue weighted by atomic mass is 32.3. The third kappa shape index (κ3) is 15.6. The van der Waals surface area contributed by atoms with Crippen molar-refractivity contribution in [2.24, 2.45) is 0 Å². The highest BCUT2D eigenvalue weighted by molar-refractivity contribution is 7.85. The SMILES string of the molecule is COC1C(COS(=O)(=O)O)OC(OC2C(C(=O)O)OC(OC3C(CS(=O)(=O)O)OC(O)C(NS(=O)(=O)O)C3O)C(OS(=O)(=O)O)C2O)C(NS(=O)(=O)O)C1OS(=O)(=O)O. The summed E-state index contributed by atoms with van der Waals surface area (Å²) < 4.78 is 243. The second-order valence-corrected chi connectivity index (χ2v) is 19.0. The fourth-order valence-corrected chi connectivity index (χ4v) is 8.90. The quantitative estimate of drug-likeness (QED) is 0.0535. The Balaban J connectivity index is 2.17. The van der Waals surface area contributed by atoms with Gasteiger partial charge in [0.1, 0.15) is 66.7 Å². The van der Waals surface area contributed by atoms with Crippen molar-refractivity contribution in [3.63, 3.8) is 0 Å². The smallest absolute Gasteiger partial charge is 0.397 e. The molecule has 34 nitrogen and oxygen atoms in total. The first-order chi connectivity index (χ1) is 26.5. The number of rotatable bonds is 19. The Labute approximate surface area is 331 Å². The van der Waals surface area contributed by atoms with Crippen molar-refractivity contribution in [1.29, 1.82) is 0 Å². The fraction of sp³-hybridized carbons (Fsp3) is 0.947. The summed E-state index contributed by atoms with van der Waals surface area (Å²) in [4.78, 5) is 12.5. The van der Waals surface area contributed by atoms with Gasteiger partial charge in [0.05, 0.1) is 6.61 Å². The minimum Gasteiger partial charge on any atom is -0.479 e. The second kappa shape index (κ2) is 19.0. The Kier molecular flexibility index (Phi) is 16.7. The van der Waals surface area contributed by atoms with Crippen molar-refractivity contribution < 1.29 is 144 Å². The highest BCUT2D eigenvalue weighted by Gasteiger charge is 2.58. The monoisotopic (exact) mass is 994 g/mol. The van der Waals surface area contributed by atoms with Crippen molar-refractivity contribution in [1.82, 2.24) is 9.44 Å². The summed E-state index contributed by atoms with van der Waals surface area (Å²) in [7, 11) is -32.7. The molecule has 0 amide bonds. The molecule has 40 heteroatoms. The van der Waals surface area contributed by atoms with Crippen LogP contribution in [0.25, 0.3) is 0 Å². The summed E-state index contributed by atoms with van der Waals surface area (Å²) in [6.07, 6.45) is -34.7. The van der Waals surface area contributed by atoms with E-state index >= 15 is 0 Å².